The van der Waals surface area contributed by atoms with E-state index in [-0.39, 0.29) is 5.91 Å². The van der Waals surface area contributed by atoms with Crippen LogP contribution in [0, 0.1) is 0 Å². The molecule has 0 N–H and O–H groups in total. The molecule has 5 nitrogen and oxygen atoms in total. The highest BCUT2D eigenvalue weighted by Gasteiger charge is 2.37. The molecule has 1 unspecified atom stereocenters. The first-order valence-electron chi connectivity index (χ1n) is 8.38. The normalized spacial score (nSPS) is 21.4. The number of carbonyl (C=O) groups excluding carboxylic acids is 1. The Labute approximate surface area is 144 Å². The fourth-order valence-electron chi connectivity index (χ4n) is 2.83. The lowest BCUT2D eigenvalue weighted by molar-refractivity contribution is -0.138. The van der Waals surface area contributed by atoms with Gasteiger partial charge in [0.05, 0.1) is 6.54 Å². The molecule has 1 amide bonds. The van der Waals surface area contributed by atoms with Gasteiger partial charge in [0.25, 0.3) is 0 Å². The fourth-order valence-corrected chi connectivity index (χ4v) is 2.83. The van der Waals surface area contributed by atoms with Gasteiger partial charge in [0.1, 0.15) is 18.0 Å². The highest BCUT2D eigenvalue weighted by atomic mass is 16.5. The zero-order valence-corrected chi connectivity index (χ0v) is 14.9. The van der Waals surface area contributed by atoms with Crippen molar-refractivity contribution in [3.05, 3.63) is 42.5 Å². The first-order valence-corrected chi connectivity index (χ1v) is 8.38. The minimum atomic E-state index is -0.445. The number of likely N-dealkylation sites (tertiary alicyclic amines) is 1. The Morgan fingerprint density at radius 3 is 2.75 bits per heavy atom. The van der Waals surface area contributed by atoms with Gasteiger partial charge in [-0.2, -0.15) is 0 Å². The van der Waals surface area contributed by atoms with Gasteiger partial charge in [0.15, 0.2) is 0 Å². The standard InChI is InChI=1S/C19H28N2O3/c1-20(2)13-7-11-18(22)21-14-8-12-19(15-21,23-3)16-24-17-9-5-4-6-10-17/h4-7,9-11H,8,12-16H2,1-3H3/b11-7+. The van der Waals surface area contributed by atoms with Crippen molar-refractivity contribution in [3.8, 4) is 5.75 Å². The Bertz CT molecular complexity index is 545. The number of rotatable bonds is 7. The Balaban J connectivity index is 1.95. The van der Waals surface area contributed by atoms with Gasteiger partial charge in [0.2, 0.25) is 5.91 Å². The number of nitrogens with zero attached hydrogens (tertiary/aromatic N) is 2. The van der Waals surface area contributed by atoms with Gasteiger partial charge in [-0.3, -0.25) is 4.79 Å². The molecule has 1 saturated heterocycles. The van der Waals surface area contributed by atoms with Crippen molar-refractivity contribution in [1.29, 1.82) is 0 Å². The average Bonchev–Trinajstić information content (AvgIpc) is 2.60. The number of hydrogen-bond acceptors (Lipinski definition) is 4. The SMILES string of the molecule is COC1(COc2ccccc2)CCCN(C(=O)/C=C/CN(C)C)C1. The summed E-state index contributed by atoms with van der Waals surface area (Å²) in [5, 5.41) is 0. The number of ether oxygens (including phenoxy) is 2. The second-order valence-corrected chi connectivity index (χ2v) is 6.52. The third-order valence-corrected chi connectivity index (χ3v) is 4.26. The summed E-state index contributed by atoms with van der Waals surface area (Å²) in [5.41, 5.74) is -0.445. The number of benzene rings is 1. The Morgan fingerprint density at radius 2 is 2.08 bits per heavy atom. The van der Waals surface area contributed by atoms with Crippen molar-refractivity contribution in [1.82, 2.24) is 9.80 Å². The maximum absolute atomic E-state index is 12.4. The summed E-state index contributed by atoms with van der Waals surface area (Å²) in [4.78, 5) is 16.3. The Morgan fingerprint density at radius 1 is 1.33 bits per heavy atom. The van der Waals surface area contributed by atoms with Gasteiger partial charge < -0.3 is 19.3 Å². The maximum Gasteiger partial charge on any atom is 0.246 e. The zero-order chi connectivity index (χ0) is 17.4. The van der Waals surface area contributed by atoms with E-state index < -0.39 is 5.60 Å². The number of piperidine rings is 1. The minimum absolute atomic E-state index is 0.0395. The molecule has 1 aliphatic heterocycles. The number of carbonyl (C=O) groups is 1. The number of likely N-dealkylation sites (N-methyl/N-ethyl adjacent to an activating group) is 1. The van der Waals surface area contributed by atoms with E-state index in [0.717, 1.165) is 31.7 Å². The minimum Gasteiger partial charge on any atom is -0.491 e. The van der Waals surface area contributed by atoms with Crippen LogP contribution in [0.1, 0.15) is 12.8 Å². The molecule has 5 heteroatoms. The molecule has 1 aromatic carbocycles. The molecule has 132 valence electrons. The summed E-state index contributed by atoms with van der Waals surface area (Å²) in [5.74, 6) is 0.862. The predicted octanol–water partition coefficient (Wildman–Crippen LogP) is 2.19. The molecular formula is C19H28N2O3. The van der Waals surface area contributed by atoms with E-state index >= 15 is 0 Å². The summed E-state index contributed by atoms with van der Waals surface area (Å²) in [6.45, 7) is 2.52. The second-order valence-electron chi connectivity index (χ2n) is 6.52. The number of hydrogen-bond donors (Lipinski definition) is 0. The summed E-state index contributed by atoms with van der Waals surface area (Å²) in [6, 6.07) is 9.71. The molecule has 0 aromatic heterocycles. The Kier molecular flexibility index (Phi) is 6.82. The molecule has 1 fully saturated rings. The molecule has 1 aromatic rings. The van der Waals surface area contributed by atoms with E-state index in [1.54, 1.807) is 13.2 Å². The van der Waals surface area contributed by atoms with Crippen molar-refractivity contribution in [3.63, 3.8) is 0 Å². The summed E-state index contributed by atoms with van der Waals surface area (Å²) in [6.07, 6.45) is 5.36. The summed E-state index contributed by atoms with van der Waals surface area (Å²) < 4.78 is 11.7. The van der Waals surface area contributed by atoms with Gasteiger partial charge in [-0.05, 0) is 39.1 Å². The number of methoxy groups -OCH3 is 1. The molecular weight excluding hydrogens is 304 g/mol. The van der Waals surface area contributed by atoms with Crippen LogP contribution in [-0.4, -0.2) is 68.8 Å². The van der Waals surface area contributed by atoms with E-state index in [1.807, 2.05) is 60.3 Å². The van der Waals surface area contributed by atoms with Crippen molar-refractivity contribution in [2.75, 3.05) is 47.4 Å². The third kappa shape index (κ3) is 5.35. The maximum atomic E-state index is 12.4. The average molecular weight is 332 g/mol. The lowest BCUT2D eigenvalue weighted by atomic mass is 9.93. The molecule has 1 heterocycles. The van der Waals surface area contributed by atoms with E-state index in [1.165, 1.54) is 0 Å². The second kappa shape index (κ2) is 8.85. The lowest BCUT2D eigenvalue weighted by Crippen LogP contribution is -2.54. The van der Waals surface area contributed by atoms with Crippen molar-refractivity contribution >= 4 is 5.91 Å². The topological polar surface area (TPSA) is 42.0 Å². The first kappa shape index (κ1) is 18.5. The molecule has 1 atom stereocenters. The highest BCUT2D eigenvalue weighted by molar-refractivity contribution is 5.87. The molecule has 1 aliphatic rings. The number of para-hydroxylation sites is 1. The van der Waals surface area contributed by atoms with Crippen molar-refractivity contribution in [2.24, 2.45) is 0 Å². The van der Waals surface area contributed by atoms with Gasteiger partial charge in [-0.15, -0.1) is 0 Å². The van der Waals surface area contributed by atoms with Gasteiger partial charge in [-0.1, -0.05) is 24.3 Å². The van der Waals surface area contributed by atoms with E-state index in [9.17, 15) is 4.79 Å². The highest BCUT2D eigenvalue weighted by Crippen LogP contribution is 2.26. The quantitative estimate of drug-likeness (QED) is 0.718. The molecule has 0 spiro atoms. The van der Waals surface area contributed by atoms with Crippen LogP contribution in [-0.2, 0) is 9.53 Å². The monoisotopic (exact) mass is 332 g/mol. The van der Waals surface area contributed by atoms with Crippen molar-refractivity contribution in [2.45, 2.75) is 18.4 Å². The van der Waals surface area contributed by atoms with E-state index in [0.29, 0.717) is 13.2 Å². The Hall–Kier alpha value is -1.85. The van der Waals surface area contributed by atoms with Gasteiger partial charge >= 0.3 is 0 Å². The van der Waals surface area contributed by atoms with Gasteiger partial charge in [0, 0.05) is 26.3 Å². The van der Waals surface area contributed by atoms with Crippen LogP contribution < -0.4 is 4.74 Å². The largest absolute Gasteiger partial charge is 0.491 e. The van der Waals surface area contributed by atoms with E-state index in [4.69, 9.17) is 9.47 Å². The van der Waals surface area contributed by atoms with Crippen LogP contribution in [0.15, 0.2) is 42.5 Å². The molecule has 24 heavy (non-hydrogen) atoms. The zero-order valence-electron chi connectivity index (χ0n) is 14.9. The lowest BCUT2D eigenvalue weighted by Gasteiger charge is -2.41. The van der Waals surface area contributed by atoms with Crippen molar-refractivity contribution < 1.29 is 14.3 Å². The van der Waals surface area contributed by atoms with Gasteiger partial charge in [-0.25, -0.2) is 0 Å². The smallest absolute Gasteiger partial charge is 0.246 e. The molecule has 0 saturated carbocycles. The van der Waals surface area contributed by atoms with Crippen LogP contribution in [0.3, 0.4) is 0 Å². The molecule has 0 bridgehead atoms. The molecule has 0 radical (unpaired) electrons. The van der Waals surface area contributed by atoms with Crippen LogP contribution >= 0.6 is 0 Å². The van der Waals surface area contributed by atoms with Crippen LogP contribution in [0.4, 0.5) is 0 Å². The molecule has 2 rings (SSSR count). The van der Waals surface area contributed by atoms with E-state index in [2.05, 4.69) is 0 Å². The predicted molar refractivity (Wildman–Crippen MR) is 95.2 cm³/mol. The third-order valence-electron chi connectivity index (χ3n) is 4.26. The van der Waals surface area contributed by atoms with Crippen LogP contribution in [0.5, 0.6) is 5.75 Å². The van der Waals surface area contributed by atoms with Crippen LogP contribution in [0.25, 0.3) is 0 Å². The first-order chi connectivity index (χ1) is 11.5. The molecule has 0 aliphatic carbocycles. The fraction of sp³-hybridized carbons (Fsp3) is 0.526. The summed E-state index contributed by atoms with van der Waals surface area (Å²) in [7, 11) is 5.66. The summed E-state index contributed by atoms with van der Waals surface area (Å²) >= 11 is 0. The number of amides is 1. The van der Waals surface area contributed by atoms with Crippen LogP contribution in [0.2, 0.25) is 0 Å².